The smallest absolute Gasteiger partial charge is 0.172 e. The highest BCUT2D eigenvalue weighted by Gasteiger charge is 2.08. The molecule has 0 saturated heterocycles. The first kappa shape index (κ1) is 13.3. The fourth-order valence-electron chi connectivity index (χ4n) is 1.84. The predicted molar refractivity (Wildman–Crippen MR) is 80.1 cm³/mol. The summed E-state index contributed by atoms with van der Waals surface area (Å²) in [4.78, 5) is 11.8. The second-order valence-corrected chi connectivity index (χ2v) is 5.24. The zero-order valence-corrected chi connectivity index (χ0v) is 11.9. The monoisotopic (exact) mass is 297 g/mol. The topological polar surface area (TPSA) is 101 Å². The van der Waals surface area contributed by atoms with E-state index in [-0.39, 0.29) is 5.69 Å². The normalized spacial score (nSPS) is 10.5. The number of benzene rings is 1. The van der Waals surface area contributed by atoms with Crippen LogP contribution < -0.4 is 10.5 Å². The van der Waals surface area contributed by atoms with Gasteiger partial charge in [-0.3, -0.25) is 0 Å². The average Bonchev–Trinajstić information content (AvgIpc) is 2.90. The Balaban J connectivity index is 1.93. The molecule has 104 valence electrons. The van der Waals surface area contributed by atoms with Crippen molar-refractivity contribution in [2.75, 3.05) is 12.8 Å². The highest BCUT2D eigenvalue weighted by atomic mass is 32.2. The molecule has 0 bridgehead atoms. The maximum atomic E-state index is 8.94. The van der Waals surface area contributed by atoms with Crippen LogP contribution in [0.1, 0.15) is 5.69 Å². The molecule has 0 radical (unpaired) electrons. The zero-order chi connectivity index (χ0) is 14.8. The first-order chi connectivity index (χ1) is 10.2. The number of H-pyrrole nitrogens is 1. The van der Waals surface area contributed by atoms with Gasteiger partial charge in [0.05, 0.1) is 23.8 Å². The Morgan fingerprint density at radius 2 is 2.14 bits per heavy atom. The van der Waals surface area contributed by atoms with E-state index in [2.05, 4.69) is 15.0 Å². The lowest BCUT2D eigenvalue weighted by Gasteiger charge is -2.00. The number of aromatic nitrogens is 3. The number of fused-ring (bicyclic) bond motifs is 1. The molecule has 6 nitrogen and oxygen atoms in total. The van der Waals surface area contributed by atoms with E-state index in [0.29, 0.717) is 15.9 Å². The van der Waals surface area contributed by atoms with Gasteiger partial charge in [-0.1, -0.05) is 0 Å². The number of imidazole rings is 1. The van der Waals surface area contributed by atoms with E-state index in [1.807, 2.05) is 24.3 Å². The standard InChI is InChI=1S/C14H11N5OS/c1-20-8-2-4-10-11(6-8)19-14(18-10)21-13-5-3-9(16)12(7-15)17-13/h2-6H,16H2,1H3,(H,18,19). The lowest BCUT2D eigenvalue weighted by molar-refractivity contribution is 0.415. The van der Waals surface area contributed by atoms with Gasteiger partial charge in [-0.15, -0.1) is 0 Å². The number of nitrogens with one attached hydrogen (secondary N) is 1. The van der Waals surface area contributed by atoms with E-state index in [9.17, 15) is 0 Å². The minimum absolute atomic E-state index is 0.220. The number of anilines is 1. The average molecular weight is 297 g/mol. The van der Waals surface area contributed by atoms with Crippen molar-refractivity contribution in [1.82, 2.24) is 15.0 Å². The quantitative estimate of drug-likeness (QED) is 0.770. The van der Waals surface area contributed by atoms with Gasteiger partial charge in [0.2, 0.25) is 0 Å². The highest BCUT2D eigenvalue weighted by molar-refractivity contribution is 7.99. The van der Waals surface area contributed by atoms with Crippen molar-refractivity contribution in [2.24, 2.45) is 0 Å². The molecule has 0 amide bonds. The second kappa shape index (κ2) is 5.34. The minimum atomic E-state index is 0.220. The summed E-state index contributed by atoms with van der Waals surface area (Å²) in [5.41, 5.74) is 7.97. The van der Waals surface area contributed by atoms with Crippen molar-refractivity contribution in [1.29, 1.82) is 5.26 Å². The number of nitrogen functional groups attached to an aromatic ring is 1. The zero-order valence-electron chi connectivity index (χ0n) is 11.1. The predicted octanol–water partition coefficient (Wildman–Crippen LogP) is 2.57. The number of pyridine rings is 1. The molecule has 3 aromatic rings. The van der Waals surface area contributed by atoms with Gasteiger partial charge >= 0.3 is 0 Å². The van der Waals surface area contributed by atoms with Crippen LogP contribution in [0.15, 0.2) is 40.5 Å². The molecule has 0 spiro atoms. The van der Waals surface area contributed by atoms with E-state index < -0.39 is 0 Å². The molecule has 0 saturated carbocycles. The number of ether oxygens (including phenoxy) is 1. The Morgan fingerprint density at radius 1 is 1.29 bits per heavy atom. The molecular formula is C14H11N5OS. The lowest BCUT2D eigenvalue weighted by atomic mass is 10.3. The van der Waals surface area contributed by atoms with Crippen LogP contribution in [0.5, 0.6) is 5.75 Å². The third-order valence-electron chi connectivity index (χ3n) is 2.88. The van der Waals surface area contributed by atoms with Crippen molar-refractivity contribution >= 4 is 28.5 Å². The molecule has 0 unspecified atom stereocenters. The largest absolute Gasteiger partial charge is 0.497 e. The van der Waals surface area contributed by atoms with Gasteiger partial charge in [0.1, 0.15) is 16.8 Å². The van der Waals surface area contributed by atoms with Crippen molar-refractivity contribution in [2.45, 2.75) is 10.2 Å². The summed E-state index contributed by atoms with van der Waals surface area (Å²) >= 11 is 1.34. The van der Waals surface area contributed by atoms with Crippen LogP contribution in [0.3, 0.4) is 0 Å². The number of nitrogens with zero attached hydrogens (tertiary/aromatic N) is 3. The van der Waals surface area contributed by atoms with E-state index >= 15 is 0 Å². The Labute approximate surface area is 125 Å². The summed E-state index contributed by atoms with van der Waals surface area (Å²) in [5.74, 6) is 0.764. The molecule has 3 N–H and O–H groups in total. The highest BCUT2D eigenvalue weighted by Crippen LogP contribution is 2.28. The summed E-state index contributed by atoms with van der Waals surface area (Å²) in [7, 11) is 1.62. The van der Waals surface area contributed by atoms with Gasteiger partial charge in [0.25, 0.3) is 0 Å². The fraction of sp³-hybridized carbons (Fsp3) is 0.0714. The Kier molecular flexibility index (Phi) is 3.38. The van der Waals surface area contributed by atoms with Gasteiger partial charge in [-0.05, 0) is 36.0 Å². The minimum Gasteiger partial charge on any atom is -0.497 e. The molecule has 1 aromatic carbocycles. The summed E-state index contributed by atoms with van der Waals surface area (Å²) in [6, 6.07) is 11.0. The van der Waals surface area contributed by atoms with Crippen molar-refractivity contribution in [3.8, 4) is 11.8 Å². The molecule has 7 heteroatoms. The third kappa shape index (κ3) is 2.61. The van der Waals surface area contributed by atoms with E-state index in [4.69, 9.17) is 15.7 Å². The Hall–Kier alpha value is -2.72. The number of aromatic amines is 1. The number of nitrogens with two attached hydrogens (primary N) is 1. The van der Waals surface area contributed by atoms with Crippen LogP contribution in [0.2, 0.25) is 0 Å². The molecule has 0 atom stereocenters. The molecule has 0 aliphatic carbocycles. The number of hydrogen-bond acceptors (Lipinski definition) is 6. The van der Waals surface area contributed by atoms with Crippen molar-refractivity contribution in [3.05, 3.63) is 36.0 Å². The summed E-state index contributed by atoms with van der Waals surface area (Å²) in [6.07, 6.45) is 0. The fourth-order valence-corrected chi connectivity index (χ4v) is 2.61. The van der Waals surface area contributed by atoms with Crippen LogP contribution in [0.4, 0.5) is 5.69 Å². The van der Waals surface area contributed by atoms with Crippen LogP contribution in [0, 0.1) is 11.3 Å². The van der Waals surface area contributed by atoms with Crippen LogP contribution in [0.25, 0.3) is 11.0 Å². The molecule has 0 aliphatic heterocycles. The first-order valence-electron chi connectivity index (χ1n) is 6.08. The summed E-state index contributed by atoms with van der Waals surface area (Å²) in [5, 5.41) is 10.3. The second-order valence-electron chi connectivity index (χ2n) is 4.23. The van der Waals surface area contributed by atoms with Crippen LogP contribution in [-0.2, 0) is 0 Å². The Bertz CT molecular complexity index is 852. The maximum absolute atomic E-state index is 8.94. The summed E-state index contributed by atoms with van der Waals surface area (Å²) in [6.45, 7) is 0. The molecule has 2 heterocycles. The SMILES string of the molecule is COc1ccc2nc(Sc3ccc(N)c(C#N)n3)[nH]c2c1. The molecular weight excluding hydrogens is 286 g/mol. The van der Waals surface area contributed by atoms with Crippen LogP contribution in [-0.4, -0.2) is 22.1 Å². The third-order valence-corrected chi connectivity index (χ3v) is 3.70. The van der Waals surface area contributed by atoms with Crippen LogP contribution >= 0.6 is 11.8 Å². The Morgan fingerprint density at radius 3 is 2.90 bits per heavy atom. The molecule has 2 aromatic heterocycles. The lowest BCUT2D eigenvalue weighted by Crippen LogP contribution is -1.94. The number of methoxy groups -OCH3 is 1. The van der Waals surface area contributed by atoms with E-state index in [1.54, 1.807) is 19.2 Å². The van der Waals surface area contributed by atoms with Gasteiger partial charge in [0.15, 0.2) is 10.9 Å². The van der Waals surface area contributed by atoms with Crippen molar-refractivity contribution < 1.29 is 4.74 Å². The van der Waals surface area contributed by atoms with E-state index in [0.717, 1.165) is 16.8 Å². The number of rotatable bonds is 3. The van der Waals surface area contributed by atoms with E-state index in [1.165, 1.54) is 11.8 Å². The maximum Gasteiger partial charge on any atom is 0.172 e. The van der Waals surface area contributed by atoms with Gasteiger partial charge in [-0.25, -0.2) is 9.97 Å². The molecule has 21 heavy (non-hydrogen) atoms. The van der Waals surface area contributed by atoms with Gasteiger partial charge in [0, 0.05) is 6.07 Å². The van der Waals surface area contributed by atoms with Gasteiger partial charge < -0.3 is 15.5 Å². The molecule has 3 rings (SSSR count). The molecule has 0 aliphatic rings. The summed E-state index contributed by atoms with van der Waals surface area (Å²) < 4.78 is 5.18. The first-order valence-corrected chi connectivity index (χ1v) is 6.89. The molecule has 0 fully saturated rings. The van der Waals surface area contributed by atoms with Crippen molar-refractivity contribution in [3.63, 3.8) is 0 Å². The number of nitriles is 1. The number of hydrogen-bond donors (Lipinski definition) is 2. The van der Waals surface area contributed by atoms with Gasteiger partial charge in [-0.2, -0.15) is 5.26 Å².